The number of aliphatic hydroxyl groups is 1. The van der Waals surface area contributed by atoms with Crippen LogP contribution in [0.2, 0.25) is 0 Å². The molecule has 0 amide bonds. The number of rotatable bonds is 37. The summed E-state index contributed by atoms with van der Waals surface area (Å²) >= 11 is 0. The van der Waals surface area contributed by atoms with Gasteiger partial charge in [-0.25, -0.2) is 0 Å². The third kappa shape index (κ3) is 38.4. The van der Waals surface area contributed by atoms with Crippen LogP contribution in [-0.2, 0) is 19.1 Å². The number of aliphatic hydroxyl groups excluding tert-OH is 1. The lowest BCUT2D eigenvalue weighted by Crippen LogP contribution is -2.28. The second kappa shape index (κ2) is 41.0. The van der Waals surface area contributed by atoms with E-state index in [1.807, 2.05) is 0 Å². The van der Waals surface area contributed by atoms with E-state index in [2.05, 4.69) is 74.6 Å². The molecule has 0 radical (unpaired) electrons. The first-order valence-corrected chi connectivity index (χ1v) is 20.8. The van der Waals surface area contributed by atoms with E-state index < -0.39 is 6.10 Å². The zero-order valence-electron chi connectivity index (χ0n) is 32.6. The minimum atomic E-state index is -0.802. The van der Waals surface area contributed by atoms with Crippen LogP contribution >= 0.6 is 0 Å². The van der Waals surface area contributed by atoms with Crippen LogP contribution in [0.1, 0.15) is 194 Å². The van der Waals surface area contributed by atoms with E-state index in [4.69, 9.17) is 9.47 Å². The SMILES string of the molecule is CCCCCC=CCC=CCC=CCC=CCCCC(=O)O[C@@H](CO)COC(=O)CCCCCCCCCCCC=CCCCCCCCC. The van der Waals surface area contributed by atoms with Gasteiger partial charge in [-0.1, -0.05) is 164 Å². The highest BCUT2D eigenvalue weighted by molar-refractivity contribution is 5.70. The zero-order chi connectivity index (χ0) is 36.4. The van der Waals surface area contributed by atoms with Crippen molar-refractivity contribution < 1.29 is 24.2 Å². The lowest BCUT2D eigenvalue weighted by Gasteiger charge is -2.15. The van der Waals surface area contributed by atoms with Gasteiger partial charge in [-0.2, -0.15) is 0 Å². The second-order valence-electron chi connectivity index (χ2n) is 13.7. The van der Waals surface area contributed by atoms with Gasteiger partial charge in [0.05, 0.1) is 6.61 Å². The molecule has 0 heterocycles. The number of carbonyl (C=O) groups is 2. The Labute approximate surface area is 309 Å². The fraction of sp³-hybridized carbons (Fsp3) is 0.733. The molecule has 5 nitrogen and oxygen atoms in total. The molecule has 0 saturated carbocycles. The second-order valence-corrected chi connectivity index (χ2v) is 13.7. The Kier molecular flexibility index (Phi) is 39.1. The summed E-state index contributed by atoms with van der Waals surface area (Å²) in [4.78, 5) is 24.3. The summed E-state index contributed by atoms with van der Waals surface area (Å²) in [6, 6.07) is 0. The van der Waals surface area contributed by atoms with E-state index >= 15 is 0 Å². The number of hydrogen-bond donors (Lipinski definition) is 1. The van der Waals surface area contributed by atoms with Gasteiger partial charge in [-0.15, -0.1) is 0 Å². The lowest BCUT2D eigenvalue weighted by atomic mass is 10.1. The van der Waals surface area contributed by atoms with E-state index in [9.17, 15) is 14.7 Å². The number of ether oxygens (including phenoxy) is 2. The summed E-state index contributed by atoms with van der Waals surface area (Å²) < 4.78 is 10.6. The van der Waals surface area contributed by atoms with Gasteiger partial charge in [-0.05, 0) is 77.0 Å². The minimum Gasteiger partial charge on any atom is -0.462 e. The summed E-state index contributed by atoms with van der Waals surface area (Å²) in [5.74, 6) is -0.660. The van der Waals surface area contributed by atoms with Gasteiger partial charge in [-0.3, -0.25) is 9.59 Å². The Bertz CT molecular complexity index is 884. The standard InChI is InChI=1S/C45H78O5/c1-3-5-7-9-11-13-15-17-19-21-22-24-25-27-29-31-33-35-37-39-44(47)49-42-43(41-46)50-45(48)40-38-36-34-32-30-28-26-23-20-18-16-14-12-10-8-6-4-2/h12,14,17-20,26,28,32,34,43,46H,3-11,13,15-16,21-25,27,29-31,33,35-42H2,1-2H3/t43-/m0/s1. The number of esters is 2. The van der Waals surface area contributed by atoms with Gasteiger partial charge in [0.2, 0.25) is 0 Å². The van der Waals surface area contributed by atoms with E-state index in [1.54, 1.807) is 0 Å². The van der Waals surface area contributed by atoms with E-state index in [0.29, 0.717) is 12.8 Å². The third-order valence-corrected chi connectivity index (χ3v) is 8.78. The van der Waals surface area contributed by atoms with Gasteiger partial charge in [0.25, 0.3) is 0 Å². The van der Waals surface area contributed by atoms with Crippen molar-refractivity contribution in [3.8, 4) is 0 Å². The van der Waals surface area contributed by atoms with Crippen LogP contribution in [0.5, 0.6) is 0 Å². The first kappa shape index (κ1) is 47.6. The molecule has 1 atom stereocenters. The largest absolute Gasteiger partial charge is 0.462 e. The minimum absolute atomic E-state index is 0.0901. The number of allylic oxidation sites excluding steroid dienone is 10. The first-order chi connectivity index (χ1) is 24.6. The van der Waals surface area contributed by atoms with Gasteiger partial charge < -0.3 is 14.6 Å². The average Bonchev–Trinajstić information content (AvgIpc) is 3.12. The summed E-state index contributed by atoms with van der Waals surface area (Å²) in [5.41, 5.74) is 0. The van der Waals surface area contributed by atoms with Gasteiger partial charge >= 0.3 is 11.9 Å². The fourth-order valence-corrected chi connectivity index (χ4v) is 5.60. The maximum Gasteiger partial charge on any atom is 0.306 e. The van der Waals surface area contributed by atoms with Gasteiger partial charge in [0.1, 0.15) is 6.61 Å². The molecule has 0 bridgehead atoms. The molecule has 0 aromatic rings. The predicted molar refractivity (Wildman–Crippen MR) is 214 cm³/mol. The number of unbranched alkanes of at least 4 members (excludes halogenated alkanes) is 19. The molecule has 0 aliphatic carbocycles. The van der Waals surface area contributed by atoms with Crippen molar-refractivity contribution in [1.29, 1.82) is 0 Å². The molecular weight excluding hydrogens is 620 g/mol. The molecule has 0 rings (SSSR count). The lowest BCUT2D eigenvalue weighted by molar-refractivity contribution is -0.161. The Morgan fingerprint density at radius 2 is 0.820 bits per heavy atom. The highest BCUT2D eigenvalue weighted by Gasteiger charge is 2.15. The summed E-state index contributed by atoms with van der Waals surface area (Å²) in [6.07, 6.45) is 52.9. The molecule has 5 heteroatoms. The Hall–Kier alpha value is -2.40. The number of hydrogen-bond acceptors (Lipinski definition) is 5. The molecule has 0 unspecified atom stereocenters. The van der Waals surface area contributed by atoms with Crippen molar-refractivity contribution in [2.75, 3.05) is 13.2 Å². The van der Waals surface area contributed by atoms with Crippen molar-refractivity contribution in [3.63, 3.8) is 0 Å². The van der Waals surface area contributed by atoms with Crippen molar-refractivity contribution in [1.82, 2.24) is 0 Å². The zero-order valence-corrected chi connectivity index (χ0v) is 32.6. The Balaban J connectivity index is 3.63. The monoisotopic (exact) mass is 699 g/mol. The topological polar surface area (TPSA) is 72.8 Å². The van der Waals surface area contributed by atoms with Crippen LogP contribution in [0.3, 0.4) is 0 Å². The molecule has 50 heavy (non-hydrogen) atoms. The summed E-state index contributed by atoms with van der Waals surface area (Å²) in [7, 11) is 0. The maximum atomic E-state index is 12.2. The molecule has 0 aromatic carbocycles. The summed E-state index contributed by atoms with van der Waals surface area (Å²) in [6.45, 7) is 4.06. The van der Waals surface area contributed by atoms with Crippen LogP contribution in [0.25, 0.3) is 0 Å². The van der Waals surface area contributed by atoms with Gasteiger partial charge in [0.15, 0.2) is 6.10 Å². The molecule has 0 fully saturated rings. The highest BCUT2D eigenvalue weighted by Crippen LogP contribution is 2.13. The van der Waals surface area contributed by atoms with Crippen molar-refractivity contribution in [2.24, 2.45) is 0 Å². The van der Waals surface area contributed by atoms with Crippen molar-refractivity contribution in [2.45, 2.75) is 200 Å². The fourth-order valence-electron chi connectivity index (χ4n) is 5.60. The molecule has 288 valence electrons. The Morgan fingerprint density at radius 3 is 1.32 bits per heavy atom. The predicted octanol–water partition coefficient (Wildman–Crippen LogP) is 13.2. The Morgan fingerprint density at radius 1 is 0.460 bits per heavy atom. The molecule has 0 saturated heterocycles. The third-order valence-electron chi connectivity index (χ3n) is 8.78. The average molecular weight is 699 g/mol. The number of carbonyl (C=O) groups excluding carboxylic acids is 2. The normalized spacial score (nSPS) is 12.8. The first-order valence-electron chi connectivity index (χ1n) is 20.8. The van der Waals surface area contributed by atoms with E-state index in [1.165, 1.54) is 116 Å². The van der Waals surface area contributed by atoms with E-state index in [0.717, 1.165) is 44.9 Å². The highest BCUT2D eigenvalue weighted by atomic mass is 16.6. The molecule has 0 aliphatic rings. The molecular formula is C45H78O5. The summed E-state index contributed by atoms with van der Waals surface area (Å²) in [5, 5.41) is 9.56. The molecule has 0 aromatic heterocycles. The van der Waals surface area contributed by atoms with Crippen LogP contribution in [0.4, 0.5) is 0 Å². The maximum absolute atomic E-state index is 12.2. The van der Waals surface area contributed by atoms with Crippen molar-refractivity contribution in [3.05, 3.63) is 60.8 Å². The molecule has 1 N–H and O–H groups in total. The van der Waals surface area contributed by atoms with E-state index in [-0.39, 0.29) is 31.6 Å². The smallest absolute Gasteiger partial charge is 0.306 e. The van der Waals surface area contributed by atoms with Crippen LogP contribution in [-0.4, -0.2) is 36.4 Å². The van der Waals surface area contributed by atoms with Crippen LogP contribution < -0.4 is 0 Å². The van der Waals surface area contributed by atoms with Crippen LogP contribution in [0.15, 0.2) is 60.8 Å². The molecule has 0 aliphatic heterocycles. The van der Waals surface area contributed by atoms with Crippen LogP contribution in [0, 0.1) is 0 Å². The molecule has 0 spiro atoms. The quantitative estimate of drug-likeness (QED) is 0.0397. The van der Waals surface area contributed by atoms with Gasteiger partial charge in [0, 0.05) is 12.8 Å². The van der Waals surface area contributed by atoms with Crippen molar-refractivity contribution >= 4 is 11.9 Å².